The van der Waals surface area contributed by atoms with Crippen molar-refractivity contribution in [3.05, 3.63) is 58.3 Å². The van der Waals surface area contributed by atoms with Gasteiger partial charge in [-0.3, -0.25) is 4.79 Å². The van der Waals surface area contributed by atoms with Crippen molar-refractivity contribution in [3.63, 3.8) is 0 Å². The Balaban J connectivity index is 1.99. The molecule has 0 aliphatic rings. The highest BCUT2D eigenvalue weighted by atomic mass is 32.1. The van der Waals surface area contributed by atoms with Gasteiger partial charge in [0.2, 0.25) is 0 Å². The molecule has 126 valence electrons. The van der Waals surface area contributed by atoms with Gasteiger partial charge in [-0.1, -0.05) is 26.0 Å². The van der Waals surface area contributed by atoms with Gasteiger partial charge in [-0.25, -0.2) is 4.39 Å². The maximum absolute atomic E-state index is 13.5. The zero-order valence-electron chi connectivity index (χ0n) is 14.1. The number of hydrogen-bond acceptors (Lipinski definition) is 2. The zero-order chi connectivity index (χ0) is 17.3. The number of amides is 1. The van der Waals surface area contributed by atoms with Gasteiger partial charge in [0.15, 0.2) is 0 Å². The molecule has 1 N–H and O–H groups in total. The number of aryl methyl sites for hydroxylation is 1. The highest BCUT2D eigenvalue weighted by molar-refractivity contribution is 7.19. The standard InChI is InChI=1S/C19H21FN2OS/c1-12(2)10-21-19(23)17-9-18-16(7-13(3)24-18)22(17)11-14-5-4-6-15(20)8-14/h4-9,12H,10-11H2,1-3H3,(H,21,23). The van der Waals surface area contributed by atoms with Gasteiger partial charge in [0.25, 0.3) is 5.91 Å². The molecule has 1 amide bonds. The number of hydrogen-bond donors (Lipinski definition) is 1. The average molecular weight is 344 g/mol. The molecule has 0 spiro atoms. The Morgan fingerprint density at radius 2 is 2.08 bits per heavy atom. The second-order valence-corrected chi connectivity index (χ2v) is 7.74. The van der Waals surface area contributed by atoms with Crippen LogP contribution in [0.15, 0.2) is 36.4 Å². The van der Waals surface area contributed by atoms with E-state index < -0.39 is 0 Å². The van der Waals surface area contributed by atoms with Crippen molar-refractivity contribution < 1.29 is 9.18 Å². The molecule has 0 aliphatic heterocycles. The van der Waals surface area contributed by atoms with Gasteiger partial charge in [-0.2, -0.15) is 0 Å². The smallest absolute Gasteiger partial charge is 0.267 e. The van der Waals surface area contributed by atoms with E-state index in [-0.39, 0.29) is 11.7 Å². The van der Waals surface area contributed by atoms with Gasteiger partial charge in [-0.05, 0) is 42.7 Å². The lowest BCUT2D eigenvalue weighted by atomic mass is 10.2. The van der Waals surface area contributed by atoms with Crippen LogP contribution in [0.5, 0.6) is 0 Å². The summed E-state index contributed by atoms with van der Waals surface area (Å²) in [5, 5.41) is 2.97. The second kappa shape index (κ2) is 6.77. The summed E-state index contributed by atoms with van der Waals surface area (Å²) < 4.78 is 16.6. The SMILES string of the molecule is Cc1cc2c(cc(C(=O)NCC(C)C)n2Cc2cccc(F)c2)s1. The molecule has 0 fully saturated rings. The summed E-state index contributed by atoms with van der Waals surface area (Å²) in [5.74, 6) is 0.0494. The third kappa shape index (κ3) is 3.51. The molecule has 0 aliphatic carbocycles. The van der Waals surface area contributed by atoms with Crippen molar-refractivity contribution in [1.29, 1.82) is 0 Å². The minimum atomic E-state index is -0.261. The first-order valence-corrected chi connectivity index (χ1v) is 8.88. The number of nitrogens with one attached hydrogen (secondary N) is 1. The van der Waals surface area contributed by atoms with Gasteiger partial charge in [0.05, 0.1) is 10.2 Å². The van der Waals surface area contributed by atoms with Crippen LogP contribution in [0, 0.1) is 18.7 Å². The molecule has 0 radical (unpaired) electrons. The van der Waals surface area contributed by atoms with E-state index in [0.29, 0.717) is 24.7 Å². The van der Waals surface area contributed by atoms with Gasteiger partial charge < -0.3 is 9.88 Å². The molecule has 0 bridgehead atoms. The van der Waals surface area contributed by atoms with Crippen molar-refractivity contribution in [3.8, 4) is 0 Å². The quantitative estimate of drug-likeness (QED) is 0.722. The number of fused-ring (bicyclic) bond motifs is 1. The molecule has 5 heteroatoms. The van der Waals surface area contributed by atoms with Crippen molar-refractivity contribution >= 4 is 27.5 Å². The monoisotopic (exact) mass is 344 g/mol. The number of benzene rings is 1. The number of nitrogens with zero attached hydrogens (tertiary/aromatic N) is 1. The summed E-state index contributed by atoms with van der Waals surface area (Å²) in [6.45, 7) is 7.29. The first kappa shape index (κ1) is 16.7. The van der Waals surface area contributed by atoms with Crippen LogP contribution in [-0.4, -0.2) is 17.0 Å². The normalized spacial score (nSPS) is 11.4. The van der Waals surface area contributed by atoms with Crippen LogP contribution in [0.1, 0.15) is 34.8 Å². The van der Waals surface area contributed by atoms with Gasteiger partial charge in [-0.15, -0.1) is 11.3 Å². The Labute approximate surface area is 145 Å². The highest BCUT2D eigenvalue weighted by Crippen LogP contribution is 2.29. The third-order valence-corrected chi connectivity index (χ3v) is 4.83. The molecule has 24 heavy (non-hydrogen) atoms. The first-order chi connectivity index (χ1) is 11.4. The number of carbonyl (C=O) groups excluding carboxylic acids is 1. The predicted octanol–water partition coefficient (Wildman–Crippen LogP) is 4.58. The molecule has 1 aromatic carbocycles. The molecule has 0 saturated heterocycles. The summed E-state index contributed by atoms with van der Waals surface area (Å²) in [6, 6.07) is 10.5. The summed E-state index contributed by atoms with van der Waals surface area (Å²) in [4.78, 5) is 13.8. The number of carbonyl (C=O) groups is 1. The molecule has 3 nitrogen and oxygen atoms in total. The number of thiophene rings is 1. The number of halogens is 1. The molecule has 3 rings (SSSR count). The lowest BCUT2D eigenvalue weighted by Crippen LogP contribution is -2.29. The second-order valence-electron chi connectivity index (χ2n) is 6.46. The van der Waals surface area contributed by atoms with Gasteiger partial charge in [0.1, 0.15) is 11.5 Å². The fraction of sp³-hybridized carbons (Fsp3) is 0.316. The number of rotatable bonds is 5. The molecule has 2 heterocycles. The maximum atomic E-state index is 13.5. The fourth-order valence-corrected chi connectivity index (χ4v) is 3.69. The van der Waals surface area contributed by atoms with E-state index >= 15 is 0 Å². The van der Waals surface area contributed by atoms with Crippen LogP contribution in [0.2, 0.25) is 0 Å². The van der Waals surface area contributed by atoms with E-state index in [0.717, 1.165) is 15.8 Å². The molecular weight excluding hydrogens is 323 g/mol. The molecule has 0 saturated carbocycles. The first-order valence-electron chi connectivity index (χ1n) is 8.06. The molecular formula is C19H21FN2OS. The molecule has 3 aromatic rings. The lowest BCUT2D eigenvalue weighted by molar-refractivity contribution is 0.0940. The third-order valence-electron chi connectivity index (χ3n) is 3.85. The average Bonchev–Trinajstić information content (AvgIpc) is 3.02. The summed E-state index contributed by atoms with van der Waals surface area (Å²) in [5.41, 5.74) is 2.49. The highest BCUT2D eigenvalue weighted by Gasteiger charge is 2.17. The van der Waals surface area contributed by atoms with E-state index in [1.165, 1.54) is 17.0 Å². The van der Waals surface area contributed by atoms with E-state index in [1.54, 1.807) is 17.4 Å². The van der Waals surface area contributed by atoms with Crippen LogP contribution in [0.25, 0.3) is 10.2 Å². The van der Waals surface area contributed by atoms with E-state index in [9.17, 15) is 9.18 Å². The summed E-state index contributed by atoms with van der Waals surface area (Å²) in [7, 11) is 0. The fourth-order valence-electron chi connectivity index (χ4n) is 2.73. The topological polar surface area (TPSA) is 34.0 Å². The van der Waals surface area contributed by atoms with Crippen molar-refractivity contribution in [2.45, 2.75) is 27.3 Å². The Bertz CT molecular complexity index is 879. The maximum Gasteiger partial charge on any atom is 0.267 e. The zero-order valence-corrected chi connectivity index (χ0v) is 14.9. The summed E-state index contributed by atoms with van der Waals surface area (Å²) >= 11 is 1.67. The molecule has 2 aromatic heterocycles. The van der Waals surface area contributed by atoms with Crippen LogP contribution in [0.3, 0.4) is 0 Å². The van der Waals surface area contributed by atoms with Crippen molar-refractivity contribution in [2.75, 3.05) is 6.54 Å². The Kier molecular flexibility index (Phi) is 4.71. The van der Waals surface area contributed by atoms with E-state index in [4.69, 9.17) is 0 Å². The summed E-state index contributed by atoms with van der Waals surface area (Å²) in [6.07, 6.45) is 0. The minimum absolute atomic E-state index is 0.0823. The van der Waals surface area contributed by atoms with Crippen LogP contribution >= 0.6 is 11.3 Å². The van der Waals surface area contributed by atoms with Crippen LogP contribution < -0.4 is 5.32 Å². The Morgan fingerprint density at radius 3 is 2.79 bits per heavy atom. The number of aromatic nitrogens is 1. The lowest BCUT2D eigenvalue weighted by Gasteiger charge is -2.12. The Hall–Kier alpha value is -2.14. The molecule has 0 atom stereocenters. The van der Waals surface area contributed by atoms with Gasteiger partial charge in [0, 0.05) is 18.0 Å². The molecule has 0 unspecified atom stereocenters. The predicted molar refractivity (Wildman–Crippen MR) is 97.2 cm³/mol. The van der Waals surface area contributed by atoms with Crippen LogP contribution in [0.4, 0.5) is 4.39 Å². The Morgan fingerprint density at radius 1 is 1.29 bits per heavy atom. The van der Waals surface area contributed by atoms with Crippen LogP contribution in [-0.2, 0) is 6.54 Å². The van der Waals surface area contributed by atoms with Crippen molar-refractivity contribution in [2.24, 2.45) is 5.92 Å². The largest absolute Gasteiger partial charge is 0.351 e. The van der Waals surface area contributed by atoms with Crippen molar-refractivity contribution in [1.82, 2.24) is 9.88 Å². The minimum Gasteiger partial charge on any atom is -0.351 e. The van der Waals surface area contributed by atoms with Gasteiger partial charge >= 0.3 is 0 Å². The van der Waals surface area contributed by atoms with E-state index in [2.05, 4.69) is 32.2 Å². The van der Waals surface area contributed by atoms with E-state index in [1.807, 2.05) is 16.7 Å².